The fourth-order valence-electron chi connectivity index (χ4n) is 2.94. The highest BCUT2D eigenvalue weighted by Gasteiger charge is 2.33. The van der Waals surface area contributed by atoms with Gasteiger partial charge in [-0.2, -0.15) is 9.37 Å². The third-order valence-electron chi connectivity index (χ3n) is 4.41. The van der Waals surface area contributed by atoms with Gasteiger partial charge >= 0.3 is 0 Å². The molecule has 0 N–H and O–H groups in total. The van der Waals surface area contributed by atoms with E-state index in [4.69, 9.17) is 44.9 Å². The normalized spacial score (nSPS) is 14.7. The summed E-state index contributed by atoms with van der Waals surface area (Å²) < 4.78 is 26.3. The van der Waals surface area contributed by atoms with Crippen LogP contribution in [-0.4, -0.2) is 26.8 Å². The quantitative estimate of drug-likeness (QED) is 0.167. The molecule has 34 heavy (non-hydrogen) atoms. The molecule has 1 saturated heterocycles. The molecule has 0 unspecified atom stereocenters. The maximum Gasteiger partial charge on any atom is 0.270 e. The Bertz CT molecular complexity index is 1340. The summed E-state index contributed by atoms with van der Waals surface area (Å²) in [6, 6.07) is 10.1. The van der Waals surface area contributed by atoms with E-state index < -0.39 is 5.82 Å². The van der Waals surface area contributed by atoms with E-state index in [-0.39, 0.29) is 22.8 Å². The van der Waals surface area contributed by atoms with E-state index in [0.29, 0.717) is 42.3 Å². The van der Waals surface area contributed by atoms with Crippen LogP contribution in [0.5, 0.6) is 17.4 Å². The first-order valence-electron chi connectivity index (χ1n) is 9.62. The first-order chi connectivity index (χ1) is 16.3. The SMILES string of the molecule is CCOc1cc(/C=C2/SC(=S)N(c3ccc(Br)c(Cl)c3)C2=O)ccc1Oc1nc(Cl)ncc1F. The summed E-state index contributed by atoms with van der Waals surface area (Å²) in [6.07, 6.45) is 2.61. The van der Waals surface area contributed by atoms with E-state index in [1.54, 1.807) is 49.4 Å². The molecular formula is C22H13BrCl2FN3O3S2. The Morgan fingerprint density at radius 1 is 1.24 bits per heavy atom. The predicted molar refractivity (Wildman–Crippen MR) is 139 cm³/mol. The number of carbonyl (C=O) groups excluding carboxylic acids is 1. The molecule has 0 saturated carbocycles. The minimum Gasteiger partial charge on any atom is -0.490 e. The van der Waals surface area contributed by atoms with Crippen LogP contribution in [-0.2, 0) is 4.79 Å². The number of anilines is 1. The molecule has 0 atom stereocenters. The van der Waals surface area contributed by atoms with Gasteiger partial charge in [0.05, 0.1) is 28.4 Å². The maximum atomic E-state index is 14.0. The Morgan fingerprint density at radius 3 is 2.76 bits per heavy atom. The third kappa shape index (κ3) is 5.36. The fourth-order valence-corrected chi connectivity index (χ4v) is 4.79. The van der Waals surface area contributed by atoms with Gasteiger partial charge in [0.2, 0.25) is 11.1 Å². The maximum absolute atomic E-state index is 14.0. The third-order valence-corrected chi connectivity index (χ3v) is 7.13. The minimum absolute atomic E-state index is 0.153. The second kappa shape index (κ2) is 10.6. The number of carbonyl (C=O) groups is 1. The second-order valence-electron chi connectivity index (χ2n) is 6.65. The average molecular weight is 601 g/mol. The molecule has 1 amide bonds. The highest BCUT2D eigenvalue weighted by molar-refractivity contribution is 9.10. The van der Waals surface area contributed by atoms with Crippen LogP contribution in [0.1, 0.15) is 12.5 Å². The number of thioether (sulfide) groups is 1. The lowest BCUT2D eigenvalue weighted by atomic mass is 10.1. The number of hydrogen-bond acceptors (Lipinski definition) is 7. The van der Waals surface area contributed by atoms with Gasteiger partial charge in [-0.3, -0.25) is 9.69 Å². The van der Waals surface area contributed by atoms with Gasteiger partial charge in [-0.25, -0.2) is 4.98 Å². The van der Waals surface area contributed by atoms with Crippen molar-refractivity contribution >= 4 is 85.1 Å². The summed E-state index contributed by atoms with van der Waals surface area (Å²) in [5.74, 6) is -0.815. The first kappa shape index (κ1) is 24.9. The van der Waals surface area contributed by atoms with Crippen molar-refractivity contribution in [1.29, 1.82) is 0 Å². The van der Waals surface area contributed by atoms with Gasteiger partial charge in [0.1, 0.15) is 0 Å². The van der Waals surface area contributed by atoms with Crippen molar-refractivity contribution < 1.29 is 18.7 Å². The highest BCUT2D eigenvalue weighted by atomic mass is 79.9. The number of aromatic nitrogens is 2. The predicted octanol–water partition coefficient (Wildman–Crippen LogP) is 7.28. The largest absolute Gasteiger partial charge is 0.490 e. The summed E-state index contributed by atoms with van der Waals surface area (Å²) in [5.41, 5.74) is 1.23. The van der Waals surface area contributed by atoms with Gasteiger partial charge in [0, 0.05) is 4.47 Å². The number of ether oxygens (including phenoxy) is 2. The zero-order chi connectivity index (χ0) is 24.4. The number of hydrogen-bond donors (Lipinski definition) is 0. The van der Waals surface area contributed by atoms with Crippen molar-refractivity contribution in [3.8, 4) is 17.4 Å². The van der Waals surface area contributed by atoms with Crippen LogP contribution in [0, 0.1) is 5.82 Å². The second-order valence-corrected chi connectivity index (χ2v) is 9.92. The van der Waals surface area contributed by atoms with Crippen LogP contribution in [0.3, 0.4) is 0 Å². The van der Waals surface area contributed by atoms with Crippen LogP contribution >= 0.6 is 63.1 Å². The summed E-state index contributed by atoms with van der Waals surface area (Å²) >= 11 is 21.8. The molecule has 0 bridgehead atoms. The molecular weight excluding hydrogens is 588 g/mol. The average Bonchev–Trinajstić information content (AvgIpc) is 3.07. The van der Waals surface area contributed by atoms with E-state index in [1.807, 2.05) is 0 Å². The Morgan fingerprint density at radius 2 is 2.03 bits per heavy atom. The molecule has 0 spiro atoms. The molecule has 3 aromatic rings. The lowest BCUT2D eigenvalue weighted by molar-refractivity contribution is -0.113. The van der Waals surface area contributed by atoms with Crippen LogP contribution in [0.25, 0.3) is 6.08 Å². The van der Waals surface area contributed by atoms with Crippen LogP contribution in [0.15, 0.2) is 52.0 Å². The minimum atomic E-state index is -0.771. The number of benzene rings is 2. The lowest BCUT2D eigenvalue weighted by Crippen LogP contribution is -2.27. The van der Waals surface area contributed by atoms with Crippen LogP contribution in [0.4, 0.5) is 10.1 Å². The molecule has 12 heteroatoms. The smallest absolute Gasteiger partial charge is 0.270 e. The van der Waals surface area contributed by atoms with Gasteiger partial charge in [-0.15, -0.1) is 0 Å². The summed E-state index contributed by atoms with van der Waals surface area (Å²) in [6.45, 7) is 2.13. The molecule has 2 heterocycles. The molecule has 6 nitrogen and oxygen atoms in total. The van der Waals surface area contributed by atoms with Crippen molar-refractivity contribution in [3.05, 3.63) is 73.7 Å². The Balaban J connectivity index is 1.63. The standard InChI is InChI=1S/C22H13BrCl2FN3O3S2/c1-2-31-17-7-11(3-6-16(17)32-19-15(26)10-27-21(25)28-19)8-18-20(30)29(22(33)34-18)12-4-5-13(23)14(24)9-12/h3-10H,2H2,1H3/b18-8+. The molecule has 4 rings (SSSR count). The fraction of sp³-hybridized carbons (Fsp3) is 0.0909. The number of halogens is 4. The molecule has 0 radical (unpaired) electrons. The highest BCUT2D eigenvalue weighted by Crippen LogP contribution is 2.39. The zero-order valence-corrected chi connectivity index (χ0v) is 22.0. The molecule has 2 aromatic carbocycles. The van der Waals surface area contributed by atoms with E-state index in [1.165, 1.54) is 16.7 Å². The molecule has 1 aromatic heterocycles. The molecule has 1 fully saturated rings. The first-order valence-corrected chi connectivity index (χ1v) is 12.4. The van der Waals surface area contributed by atoms with E-state index in [9.17, 15) is 9.18 Å². The van der Waals surface area contributed by atoms with Crippen molar-refractivity contribution in [1.82, 2.24) is 9.97 Å². The van der Waals surface area contributed by atoms with Crippen molar-refractivity contribution in [2.24, 2.45) is 0 Å². The van der Waals surface area contributed by atoms with Gasteiger partial charge < -0.3 is 9.47 Å². The van der Waals surface area contributed by atoms with Crippen LogP contribution < -0.4 is 14.4 Å². The number of thiocarbonyl (C=S) groups is 1. The monoisotopic (exact) mass is 599 g/mol. The van der Waals surface area contributed by atoms with Gasteiger partial charge in [0.25, 0.3) is 11.8 Å². The van der Waals surface area contributed by atoms with E-state index in [2.05, 4.69) is 25.9 Å². The number of rotatable bonds is 6. The summed E-state index contributed by atoms with van der Waals surface area (Å²) in [5, 5.41) is 0.314. The summed E-state index contributed by atoms with van der Waals surface area (Å²) in [4.78, 5) is 22.2. The van der Waals surface area contributed by atoms with Gasteiger partial charge in [-0.1, -0.05) is 41.6 Å². The Kier molecular flexibility index (Phi) is 7.73. The molecule has 1 aliphatic rings. The van der Waals surface area contributed by atoms with Crippen LogP contribution in [0.2, 0.25) is 10.3 Å². The number of nitrogens with zero attached hydrogens (tertiary/aromatic N) is 3. The van der Waals surface area contributed by atoms with Gasteiger partial charge in [0.15, 0.2) is 15.8 Å². The van der Waals surface area contributed by atoms with Crippen molar-refractivity contribution in [3.63, 3.8) is 0 Å². The number of amides is 1. The van der Waals surface area contributed by atoms with Gasteiger partial charge in [-0.05, 0) is 76.4 Å². The van der Waals surface area contributed by atoms with Crippen molar-refractivity contribution in [2.75, 3.05) is 11.5 Å². The molecule has 0 aliphatic carbocycles. The lowest BCUT2D eigenvalue weighted by Gasteiger charge is -2.15. The Hall–Kier alpha value is -2.24. The molecule has 1 aliphatic heterocycles. The topological polar surface area (TPSA) is 64.5 Å². The van der Waals surface area contributed by atoms with E-state index in [0.717, 1.165) is 6.20 Å². The van der Waals surface area contributed by atoms with E-state index >= 15 is 0 Å². The Labute approximate surface area is 222 Å². The summed E-state index contributed by atoms with van der Waals surface area (Å²) in [7, 11) is 0. The zero-order valence-electron chi connectivity index (χ0n) is 17.2. The van der Waals surface area contributed by atoms with Crippen molar-refractivity contribution in [2.45, 2.75) is 6.92 Å². The molecule has 174 valence electrons.